The summed E-state index contributed by atoms with van der Waals surface area (Å²) in [4.78, 5) is 2.35. The SMILES string of the molecule is CCC(N)(C#N)CCCN(C)C(C)(C)CC. The molecule has 3 heteroatoms. The van der Waals surface area contributed by atoms with Gasteiger partial charge in [0.2, 0.25) is 0 Å². The van der Waals surface area contributed by atoms with Crippen molar-refractivity contribution in [3.63, 3.8) is 0 Å². The largest absolute Gasteiger partial charge is 0.313 e. The molecule has 0 rings (SSSR count). The first-order chi connectivity index (χ1) is 7.31. The molecule has 0 aromatic carbocycles. The van der Waals surface area contributed by atoms with Crippen molar-refractivity contribution < 1.29 is 0 Å². The van der Waals surface area contributed by atoms with Crippen LogP contribution in [0.4, 0.5) is 0 Å². The van der Waals surface area contributed by atoms with Crippen LogP contribution in [0, 0.1) is 11.3 Å². The van der Waals surface area contributed by atoms with Crippen LogP contribution >= 0.6 is 0 Å². The summed E-state index contributed by atoms with van der Waals surface area (Å²) < 4.78 is 0. The summed E-state index contributed by atoms with van der Waals surface area (Å²) in [5.74, 6) is 0. The molecule has 3 nitrogen and oxygen atoms in total. The van der Waals surface area contributed by atoms with Gasteiger partial charge in [0.15, 0.2) is 0 Å². The van der Waals surface area contributed by atoms with Crippen LogP contribution in [0.15, 0.2) is 0 Å². The van der Waals surface area contributed by atoms with E-state index in [4.69, 9.17) is 11.0 Å². The van der Waals surface area contributed by atoms with Crippen molar-refractivity contribution in [2.75, 3.05) is 13.6 Å². The summed E-state index contributed by atoms with van der Waals surface area (Å²) in [7, 11) is 2.14. The minimum atomic E-state index is -0.628. The van der Waals surface area contributed by atoms with Crippen molar-refractivity contribution in [3.05, 3.63) is 0 Å². The maximum absolute atomic E-state index is 8.97. The van der Waals surface area contributed by atoms with Gasteiger partial charge in [-0.15, -0.1) is 0 Å². The van der Waals surface area contributed by atoms with Gasteiger partial charge in [0.1, 0.15) is 5.54 Å². The molecule has 0 aliphatic heterocycles. The van der Waals surface area contributed by atoms with Crippen molar-refractivity contribution in [3.8, 4) is 6.07 Å². The number of nitriles is 1. The van der Waals surface area contributed by atoms with E-state index in [1.165, 1.54) is 0 Å². The lowest BCUT2D eigenvalue weighted by Gasteiger charge is -2.35. The Morgan fingerprint density at radius 1 is 1.25 bits per heavy atom. The number of hydrogen-bond acceptors (Lipinski definition) is 3. The third-order valence-corrected chi connectivity index (χ3v) is 3.87. The summed E-state index contributed by atoms with van der Waals surface area (Å²) >= 11 is 0. The normalized spacial score (nSPS) is 15.9. The fraction of sp³-hybridized carbons (Fsp3) is 0.923. The molecule has 0 heterocycles. The Labute approximate surface area is 101 Å². The van der Waals surface area contributed by atoms with Gasteiger partial charge in [0, 0.05) is 5.54 Å². The summed E-state index contributed by atoms with van der Waals surface area (Å²) in [6.07, 6.45) is 3.62. The lowest BCUT2D eigenvalue weighted by atomic mass is 9.92. The van der Waals surface area contributed by atoms with E-state index >= 15 is 0 Å². The van der Waals surface area contributed by atoms with Crippen LogP contribution in [0.1, 0.15) is 53.4 Å². The third kappa shape index (κ3) is 4.51. The number of hydrogen-bond donors (Lipinski definition) is 1. The van der Waals surface area contributed by atoms with Gasteiger partial charge in [-0.25, -0.2) is 0 Å². The van der Waals surface area contributed by atoms with Crippen LogP contribution in [0.3, 0.4) is 0 Å². The number of nitrogens with zero attached hydrogens (tertiary/aromatic N) is 2. The van der Waals surface area contributed by atoms with Gasteiger partial charge < -0.3 is 10.6 Å². The Hall–Kier alpha value is -0.590. The molecule has 0 aromatic rings. The van der Waals surface area contributed by atoms with E-state index in [1.807, 2.05) is 6.92 Å². The molecule has 0 aliphatic rings. The van der Waals surface area contributed by atoms with Crippen LogP contribution in [0.25, 0.3) is 0 Å². The molecular weight excluding hydrogens is 198 g/mol. The summed E-state index contributed by atoms with van der Waals surface area (Å²) in [5.41, 5.74) is 5.55. The van der Waals surface area contributed by atoms with Crippen LogP contribution in [-0.4, -0.2) is 29.6 Å². The van der Waals surface area contributed by atoms with Crippen molar-refractivity contribution >= 4 is 0 Å². The van der Waals surface area contributed by atoms with E-state index in [-0.39, 0.29) is 5.54 Å². The van der Waals surface area contributed by atoms with Gasteiger partial charge in [0.25, 0.3) is 0 Å². The molecule has 1 unspecified atom stereocenters. The van der Waals surface area contributed by atoms with Gasteiger partial charge >= 0.3 is 0 Å². The molecule has 94 valence electrons. The average molecular weight is 225 g/mol. The molecule has 1 atom stereocenters. The van der Waals surface area contributed by atoms with Gasteiger partial charge in [-0.3, -0.25) is 0 Å². The summed E-state index contributed by atoms with van der Waals surface area (Å²) in [6.45, 7) is 9.66. The van der Waals surface area contributed by atoms with Crippen LogP contribution in [-0.2, 0) is 0 Å². The molecule has 0 fully saturated rings. The standard InChI is InChI=1S/C13H27N3/c1-6-12(3,4)16(5)10-8-9-13(15,7-2)11-14/h6-10,15H2,1-5H3. The summed E-state index contributed by atoms with van der Waals surface area (Å²) in [6, 6.07) is 2.21. The minimum Gasteiger partial charge on any atom is -0.313 e. The Morgan fingerprint density at radius 2 is 1.81 bits per heavy atom. The highest BCUT2D eigenvalue weighted by Crippen LogP contribution is 2.19. The Morgan fingerprint density at radius 3 is 2.19 bits per heavy atom. The lowest BCUT2D eigenvalue weighted by Crippen LogP contribution is -2.42. The fourth-order valence-corrected chi connectivity index (χ4v) is 1.52. The molecule has 16 heavy (non-hydrogen) atoms. The zero-order valence-corrected chi connectivity index (χ0v) is 11.5. The molecule has 0 saturated carbocycles. The Balaban J connectivity index is 4.05. The van der Waals surface area contributed by atoms with Crippen molar-refractivity contribution in [2.45, 2.75) is 64.5 Å². The van der Waals surface area contributed by atoms with Crippen LogP contribution < -0.4 is 5.73 Å². The molecule has 0 saturated heterocycles. The topological polar surface area (TPSA) is 53.1 Å². The molecule has 2 N–H and O–H groups in total. The Bertz CT molecular complexity index is 242. The van der Waals surface area contributed by atoms with E-state index < -0.39 is 5.54 Å². The fourth-order valence-electron chi connectivity index (χ4n) is 1.52. The van der Waals surface area contributed by atoms with Gasteiger partial charge in [-0.2, -0.15) is 5.26 Å². The summed E-state index contributed by atoms with van der Waals surface area (Å²) in [5, 5.41) is 8.97. The van der Waals surface area contributed by atoms with Crippen LogP contribution in [0.5, 0.6) is 0 Å². The maximum atomic E-state index is 8.97. The minimum absolute atomic E-state index is 0.232. The van der Waals surface area contributed by atoms with E-state index in [9.17, 15) is 0 Å². The highest BCUT2D eigenvalue weighted by atomic mass is 15.2. The van der Waals surface area contributed by atoms with Crippen LogP contribution in [0.2, 0.25) is 0 Å². The molecule has 0 radical (unpaired) electrons. The predicted molar refractivity (Wildman–Crippen MR) is 69.1 cm³/mol. The van der Waals surface area contributed by atoms with Crippen molar-refractivity contribution in [1.29, 1.82) is 5.26 Å². The van der Waals surface area contributed by atoms with Gasteiger partial charge in [0.05, 0.1) is 6.07 Å². The first-order valence-corrected chi connectivity index (χ1v) is 6.22. The monoisotopic (exact) mass is 225 g/mol. The first kappa shape index (κ1) is 15.4. The number of rotatable bonds is 7. The molecule has 0 bridgehead atoms. The quantitative estimate of drug-likeness (QED) is 0.724. The zero-order valence-electron chi connectivity index (χ0n) is 11.5. The predicted octanol–water partition coefficient (Wildman–Crippen LogP) is 2.52. The van der Waals surface area contributed by atoms with E-state index in [0.29, 0.717) is 0 Å². The van der Waals surface area contributed by atoms with E-state index in [1.54, 1.807) is 0 Å². The lowest BCUT2D eigenvalue weighted by molar-refractivity contribution is 0.146. The van der Waals surface area contributed by atoms with Gasteiger partial charge in [-0.1, -0.05) is 13.8 Å². The number of nitrogens with two attached hydrogens (primary N) is 1. The van der Waals surface area contributed by atoms with E-state index in [0.717, 1.165) is 32.2 Å². The molecule has 0 aromatic heterocycles. The van der Waals surface area contributed by atoms with E-state index in [2.05, 4.69) is 38.8 Å². The van der Waals surface area contributed by atoms with Gasteiger partial charge in [-0.05, 0) is 53.1 Å². The molecule has 0 amide bonds. The smallest absolute Gasteiger partial charge is 0.104 e. The maximum Gasteiger partial charge on any atom is 0.104 e. The second-order valence-corrected chi connectivity index (χ2v) is 5.31. The highest BCUT2D eigenvalue weighted by molar-refractivity contribution is 5.03. The zero-order chi connectivity index (χ0) is 12.8. The second kappa shape index (κ2) is 6.22. The molecular formula is C13H27N3. The molecule has 0 aliphatic carbocycles. The highest BCUT2D eigenvalue weighted by Gasteiger charge is 2.24. The average Bonchev–Trinajstić information content (AvgIpc) is 2.28. The van der Waals surface area contributed by atoms with Crippen molar-refractivity contribution in [1.82, 2.24) is 4.90 Å². The van der Waals surface area contributed by atoms with Crippen molar-refractivity contribution in [2.24, 2.45) is 5.73 Å². The molecule has 0 spiro atoms. The first-order valence-electron chi connectivity index (χ1n) is 6.22. The third-order valence-electron chi connectivity index (χ3n) is 3.87. The second-order valence-electron chi connectivity index (χ2n) is 5.31. The Kier molecular flexibility index (Phi) is 5.99.